The van der Waals surface area contributed by atoms with E-state index in [1.54, 1.807) is 0 Å². The number of rotatable bonds is 1. The monoisotopic (exact) mass is 314 g/mol. The minimum absolute atomic E-state index is 0. The van der Waals surface area contributed by atoms with E-state index in [2.05, 4.69) is 0 Å². The molecule has 0 heterocycles. The molecule has 0 saturated carbocycles. The first-order valence-corrected chi connectivity index (χ1v) is 5.09. The minimum Gasteiger partial charge on any atom is -0.807 e. The van der Waals surface area contributed by atoms with Gasteiger partial charge in [0.1, 0.15) is 0 Å². The molecule has 0 amide bonds. The Hall–Kier alpha value is 6.85. The van der Waals surface area contributed by atoms with Gasteiger partial charge in [-0.05, 0) is 14.6 Å². The average Bonchev–Trinajstić information content (AvgIpc) is 1.25. The fourth-order valence-electron chi connectivity index (χ4n) is 0. The van der Waals surface area contributed by atoms with Gasteiger partial charge in [0.15, 0.2) is 0 Å². The van der Waals surface area contributed by atoms with E-state index in [-0.39, 0.29) is 206 Å². The molecule has 6 nitrogen and oxygen atoms in total. The summed E-state index contributed by atoms with van der Waals surface area (Å²) in [5.74, 6) is 0. The van der Waals surface area contributed by atoms with E-state index in [0.717, 1.165) is 0 Å². The Morgan fingerprint density at radius 2 is 0.667 bits per heavy atom. The molecule has 0 aromatic rings. The second-order valence-corrected chi connectivity index (χ2v) is 5.75. The predicted molar refractivity (Wildman–Crippen MR) is 15.2 cm³/mol. The maximum absolute atomic E-state index is 9.24. The van der Waals surface area contributed by atoms with Gasteiger partial charge in [-0.25, -0.2) is 0 Å². The first-order chi connectivity index (χ1) is 3.25. The summed E-state index contributed by atoms with van der Waals surface area (Å²) in [6.45, 7) is 0. The van der Waals surface area contributed by atoms with Crippen molar-refractivity contribution in [1.29, 1.82) is 0 Å². The van der Waals surface area contributed by atoms with E-state index in [9.17, 15) is 28.7 Å². The van der Waals surface area contributed by atoms with E-state index in [4.69, 9.17) is 0 Å². The van der Waals surface area contributed by atoms with Crippen LogP contribution in [0.1, 0.15) is 0 Å². The summed E-state index contributed by atoms with van der Waals surface area (Å²) in [5, 5.41) is 0. The standard InChI is InChI=1S/4K.H4O6P2/c;;;;1-7(2,3)8(4,5)6/h;;;;(H2,1,2,3)(H2,4,5,6)/q4*+1;/p-4. The van der Waals surface area contributed by atoms with Crippen LogP contribution < -0.4 is 225 Å². The molecule has 0 spiro atoms. The van der Waals surface area contributed by atoms with Crippen LogP contribution in [0.4, 0.5) is 0 Å². The smallest absolute Gasteiger partial charge is 0.807 e. The van der Waals surface area contributed by atoms with Gasteiger partial charge in [0.25, 0.3) is 0 Å². The molecule has 50 valence electrons. The molecule has 0 aliphatic heterocycles. The summed E-state index contributed by atoms with van der Waals surface area (Å²) in [5.41, 5.74) is 0. The van der Waals surface area contributed by atoms with Gasteiger partial charge in [0.05, 0.1) is 0 Å². The third-order valence-electron chi connectivity index (χ3n) is 0.300. The molecular weight excluding hydrogens is 314 g/mol. The Morgan fingerprint density at radius 1 is 0.583 bits per heavy atom. The third-order valence-corrected chi connectivity index (χ3v) is 2.70. The maximum atomic E-state index is 9.24. The van der Waals surface area contributed by atoms with Crippen LogP contribution in [-0.2, 0) is 9.13 Å². The molecule has 0 aromatic heterocycles. The van der Waals surface area contributed by atoms with Crippen molar-refractivity contribution in [2.24, 2.45) is 0 Å². The van der Waals surface area contributed by atoms with Gasteiger partial charge >= 0.3 is 206 Å². The van der Waals surface area contributed by atoms with Crippen molar-refractivity contribution in [2.45, 2.75) is 0 Å². The molecule has 0 N–H and O–H groups in total. The summed E-state index contributed by atoms with van der Waals surface area (Å²) in [7, 11) is -11.8. The van der Waals surface area contributed by atoms with Crippen LogP contribution in [0.5, 0.6) is 0 Å². The summed E-state index contributed by atoms with van der Waals surface area (Å²) < 4.78 is 18.5. The van der Waals surface area contributed by atoms with E-state index in [1.807, 2.05) is 0 Å². The molecule has 0 unspecified atom stereocenters. The van der Waals surface area contributed by atoms with Crippen LogP contribution in [0.25, 0.3) is 0 Å². The zero-order chi connectivity index (χ0) is 7.00. The van der Waals surface area contributed by atoms with Crippen molar-refractivity contribution in [1.82, 2.24) is 0 Å². The molecule has 0 radical (unpaired) electrons. The zero-order valence-corrected chi connectivity index (χ0v) is 21.6. The second-order valence-electron chi connectivity index (χ2n) is 0.937. The Morgan fingerprint density at radius 3 is 0.667 bits per heavy atom. The average molecular weight is 314 g/mol. The Kier molecular flexibility index (Phi) is 37.2. The molecule has 0 rings (SSSR count). The van der Waals surface area contributed by atoms with Crippen molar-refractivity contribution in [3.05, 3.63) is 0 Å². The Labute approximate surface area is 240 Å². The first kappa shape index (κ1) is 31.3. The summed E-state index contributed by atoms with van der Waals surface area (Å²) in [6.07, 6.45) is 0. The van der Waals surface area contributed by atoms with Crippen molar-refractivity contribution < 1.29 is 234 Å². The fourth-order valence-corrected chi connectivity index (χ4v) is 0. The summed E-state index contributed by atoms with van der Waals surface area (Å²) in [4.78, 5) is 36.9. The van der Waals surface area contributed by atoms with Gasteiger partial charge in [0.2, 0.25) is 0 Å². The van der Waals surface area contributed by atoms with Gasteiger partial charge in [-0.1, -0.05) is 0 Å². The predicted octanol–water partition coefficient (Wildman–Crippen LogP) is -15.3. The molecule has 0 saturated heterocycles. The normalized spacial score (nSPS) is 9.33. The van der Waals surface area contributed by atoms with Crippen LogP contribution in [0.3, 0.4) is 0 Å². The summed E-state index contributed by atoms with van der Waals surface area (Å²) >= 11 is 0. The SMILES string of the molecule is O=P([O-])([O-])P(=O)([O-])[O-].[K+].[K+].[K+].[K+]. The van der Waals surface area contributed by atoms with E-state index >= 15 is 0 Å². The van der Waals surface area contributed by atoms with Gasteiger partial charge in [-0.15, -0.1) is 0 Å². The van der Waals surface area contributed by atoms with Crippen LogP contribution in [0, 0.1) is 0 Å². The van der Waals surface area contributed by atoms with Gasteiger partial charge in [-0.3, -0.25) is 0 Å². The minimum atomic E-state index is -5.91. The molecule has 12 heavy (non-hydrogen) atoms. The van der Waals surface area contributed by atoms with Crippen LogP contribution in [-0.4, -0.2) is 0 Å². The van der Waals surface area contributed by atoms with E-state index in [0.29, 0.717) is 0 Å². The van der Waals surface area contributed by atoms with E-state index in [1.165, 1.54) is 0 Å². The van der Waals surface area contributed by atoms with Crippen molar-refractivity contribution in [3.63, 3.8) is 0 Å². The molecule has 0 aliphatic carbocycles. The van der Waals surface area contributed by atoms with Crippen molar-refractivity contribution >= 4 is 14.6 Å². The fraction of sp³-hybridized carbons (Fsp3) is 0. The van der Waals surface area contributed by atoms with Crippen LogP contribution in [0.15, 0.2) is 0 Å². The maximum Gasteiger partial charge on any atom is 1.00 e. The summed E-state index contributed by atoms with van der Waals surface area (Å²) in [6, 6.07) is 0. The largest absolute Gasteiger partial charge is 1.00 e. The van der Waals surface area contributed by atoms with Crippen molar-refractivity contribution in [2.75, 3.05) is 0 Å². The zero-order valence-electron chi connectivity index (χ0n) is 7.34. The van der Waals surface area contributed by atoms with Crippen LogP contribution >= 0.6 is 14.6 Å². The quantitative estimate of drug-likeness (QED) is 0.349. The third kappa shape index (κ3) is 16.8. The molecule has 0 bridgehead atoms. The number of hydrogen-bond donors (Lipinski definition) is 0. The van der Waals surface area contributed by atoms with Gasteiger partial charge in [-0.2, -0.15) is 0 Å². The molecule has 0 aliphatic rings. The second kappa shape index (κ2) is 14.3. The molecule has 0 aromatic carbocycles. The molecule has 0 fully saturated rings. The first-order valence-electron chi connectivity index (χ1n) is 1.30. The van der Waals surface area contributed by atoms with E-state index < -0.39 is 14.6 Å². The van der Waals surface area contributed by atoms with Gasteiger partial charge in [0, 0.05) is 0 Å². The number of hydrogen-bond acceptors (Lipinski definition) is 6. The van der Waals surface area contributed by atoms with Crippen LogP contribution in [0.2, 0.25) is 0 Å². The molecular formula is K4O6P2. The topological polar surface area (TPSA) is 126 Å². The van der Waals surface area contributed by atoms with Gasteiger partial charge < -0.3 is 28.7 Å². The Balaban J connectivity index is -0.0000000408. The van der Waals surface area contributed by atoms with Crippen molar-refractivity contribution in [3.8, 4) is 0 Å². The molecule has 0 atom stereocenters. The molecule has 12 heteroatoms. The Bertz CT molecular complexity index is 146.